The van der Waals surface area contributed by atoms with Crippen LogP contribution in [0.25, 0.3) is 0 Å². The molecule has 0 bridgehead atoms. The van der Waals surface area contributed by atoms with E-state index >= 15 is 0 Å². The summed E-state index contributed by atoms with van der Waals surface area (Å²) in [4.78, 5) is 31.6. The summed E-state index contributed by atoms with van der Waals surface area (Å²) in [6.45, 7) is 5.97. The van der Waals surface area contributed by atoms with Gasteiger partial charge in [0.15, 0.2) is 11.5 Å². The number of aliphatic imine (C=N–C) groups is 1. The minimum Gasteiger partial charge on any atom is -0.504 e. The van der Waals surface area contributed by atoms with Gasteiger partial charge in [-0.05, 0) is 62.1 Å². The molecule has 1 aliphatic heterocycles. The summed E-state index contributed by atoms with van der Waals surface area (Å²) in [6, 6.07) is 5.09. The maximum absolute atomic E-state index is 13.4. The molecular formula is C26H33NO5. The smallest absolute Gasteiger partial charge is 0.336 e. The van der Waals surface area contributed by atoms with Crippen LogP contribution in [0.5, 0.6) is 11.5 Å². The largest absolute Gasteiger partial charge is 0.504 e. The number of aromatic hydroxyl groups is 1. The molecule has 1 aromatic carbocycles. The zero-order chi connectivity index (χ0) is 23.0. The van der Waals surface area contributed by atoms with Crippen LogP contribution >= 0.6 is 0 Å². The lowest BCUT2D eigenvalue weighted by Crippen LogP contribution is -2.44. The van der Waals surface area contributed by atoms with Crippen LogP contribution in [0.2, 0.25) is 0 Å². The van der Waals surface area contributed by atoms with Crippen molar-refractivity contribution < 1.29 is 24.2 Å². The van der Waals surface area contributed by atoms with Gasteiger partial charge in [-0.25, -0.2) is 4.79 Å². The van der Waals surface area contributed by atoms with Crippen LogP contribution in [0.1, 0.15) is 77.2 Å². The summed E-state index contributed by atoms with van der Waals surface area (Å²) in [5, 5.41) is 10.4. The van der Waals surface area contributed by atoms with Gasteiger partial charge in [0.05, 0.1) is 18.6 Å². The molecule has 0 radical (unpaired) electrons. The minimum absolute atomic E-state index is 0.0182. The molecule has 1 N–H and O–H groups in total. The van der Waals surface area contributed by atoms with Gasteiger partial charge in [0, 0.05) is 23.7 Å². The zero-order valence-electron chi connectivity index (χ0n) is 19.4. The predicted molar refractivity (Wildman–Crippen MR) is 122 cm³/mol. The van der Waals surface area contributed by atoms with Gasteiger partial charge in [0.2, 0.25) is 0 Å². The first-order valence-electron chi connectivity index (χ1n) is 11.6. The van der Waals surface area contributed by atoms with Gasteiger partial charge < -0.3 is 14.6 Å². The molecule has 6 heteroatoms. The number of allylic oxidation sites excluding steroid dienone is 1. The van der Waals surface area contributed by atoms with Gasteiger partial charge in [-0.15, -0.1) is 0 Å². The Kier molecular flexibility index (Phi) is 6.15. The van der Waals surface area contributed by atoms with Crippen LogP contribution in [-0.2, 0) is 14.3 Å². The molecule has 0 spiro atoms. The molecule has 0 amide bonds. The number of phenolic OH excluding ortho intramolecular Hbond substituents is 1. The van der Waals surface area contributed by atoms with Crippen molar-refractivity contribution in [1.82, 2.24) is 0 Å². The van der Waals surface area contributed by atoms with Crippen LogP contribution < -0.4 is 4.74 Å². The van der Waals surface area contributed by atoms with Crippen molar-refractivity contribution in [2.45, 2.75) is 77.7 Å². The molecule has 6 nitrogen and oxygen atoms in total. The summed E-state index contributed by atoms with van der Waals surface area (Å²) < 4.78 is 11.1. The van der Waals surface area contributed by atoms with Gasteiger partial charge >= 0.3 is 5.97 Å². The highest BCUT2D eigenvalue weighted by Gasteiger charge is 2.48. The third-order valence-corrected chi connectivity index (χ3v) is 6.97. The van der Waals surface area contributed by atoms with E-state index in [-0.39, 0.29) is 23.1 Å². The first kappa shape index (κ1) is 22.6. The molecule has 32 heavy (non-hydrogen) atoms. The van der Waals surface area contributed by atoms with E-state index in [2.05, 4.69) is 13.8 Å². The number of methoxy groups -OCH3 is 1. The fourth-order valence-corrected chi connectivity index (χ4v) is 5.52. The van der Waals surface area contributed by atoms with Gasteiger partial charge in [0.1, 0.15) is 11.9 Å². The van der Waals surface area contributed by atoms with E-state index in [1.165, 1.54) is 13.5 Å². The number of Topliss-reactive ketones (excluding diaryl/α,β-unsaturated/α-hetero) is 1. The van der Waals surface area contributed by atoms with Gasteiger partial charge in [-0.3, -0.25) is 9.79 Å². The van der Waals surface area contributed by atoms with Crippen molar-refractivity contribution in [1.29, 1.82) is 0 Å². The quantitative estimate of drug-likeness (QED) is 0.660. The lowest BCUT2D eigenvalue weighted by molar-refractivity contribution is -0.146. The lowest BCUT2D eigenvalue weighted by Gasteiger charge is -2.41. The fourth-order valence-electron chi connectivity index (χ4n) is 5.52. The minimum atomic E-state index is -0.529. The second kappa shape index (κ2) is 8.72. The summed E-state index contributed by atoms with van der Waals surface area (Å²) in [7, 11) is 1.49. The summed E-state index contributed by atoms with van der Waals surface area (Å²) >= 11 is 0. The van der Waals surface area contributed by atoms with E-state index < -0.39 is 17.8 Å². The third-order valence-electron chi connectivity index (χ3n) is 6.97. The Morgan fingerprint density at radius 3 is 2.50 bits per heavy atom. The number of benzene rings is 1. The van der Waals surface area contributed by atoms with Crippen molar-refractivity contribution >= 4 is 17.5 Å². The highest BCUT2D eigenvalue weighted by molar-refractivity contribution is 6.12. The first-order valence-corrected chi connectivity index (χ1v) is 11.6. The van der Waals surface area contributed by atoms with Crippen molar-refractivity contribution in [2.24, 2.45) is 16.3 Å². The highest BCUT2D eigenvalue weighted by Crippen LogP contribution is 2.48. The Bertz CT molecular complexity index is 984. The topological polar surface area (TPSA) is 85.2 Å². The fraction of sp³-hybridized carbons (Fsp3) is 0.577. The normalized spacial score (nSPS) is 25.8. The van der Waals surface area contributed by atoms with E-state index in [1.54, 1.807) is 12.1 Å². The first-order chi connectivity index (χ1) is 15.2. The molecule has 2 aliphatic carbocycles. The van der Waals surface area contributed by atoms with E-state index in [1.807, 2.05) is 13.0 Å². The van der Waals surface area contributed by atoms with Crippen LogP contribution in [-0.4, -0.2) is 35.8 Å². The van der Waals surface area contributed by atoms with Gasteiger partial charge in [-0.1, -0.05) is 26.3 Å². The molecule has 0 aromatic heterocycles. The lowest BCUT2D eigenvalue weighted by atomic mass is 9.63. The number of carbonyl (C=O) groups is 2. The molecule has 1 heterocycles. The molecule has 0 saturated heterocycles. The van der Waals surface area contributed by atoms with E-state index in [4.69, 9.17) is 14.5 Å². The Labute approximate surface area is 189 Å². The van der Waals surface area contributed by atoms with Crippen molar-refractivity contribution in [3.05, 3.63) is 35.0 Å². The Hall–Kier alpha value is -2.63. The van der Waals surface area contributed by atoms with Crippen molar-refractivity contribution in [3.63, 3.8) is 0 Å². The number of phenols is 1. The second-order valence-electron chi connectivity index (χ2n) is 10.1. The number of ether oxygens (including phenoxy) is 2. The Balaban J connectivity index is 1.78. The molecule has 2 saturated carbocycles. The van der Waals surface area contributed by atoms with Crippen LogP contribution in [0.3, 0.4) is 0 Å². The monoisotopic (exact) mass is 439 g/mol. The van der Waals surface area contributed by atoms with Crippen molar-refractivity contribution in [3.8, 4) is 11.5 Å². The zero-order valence-corrected chi connectivity index (χ0v) is 19.4. The number of hydrogen-bond donors (Lipinski definition) is 1. The molecule has 2 fully saturated rings. The molecule has 3 aliphatic rings. The Morgan fingerprint density at radius 2 is 1.84 bits per heavy atom. The second-order valence-corrected chi connectivity index (χ2v) is 10.1. The van der Waals surface area contributed by atoms with Crippen LogP contribution in [0.15, 0.2) is 34.5 Å². The average Bonchev–Trinajstić information content (AvgIpc) is 2.72. The van der Waals surface area contributed by atoms with Crippen molar-refractivity contribution in [2.75, 3.05) is 7.11 Å². The van der Waals surface area contributed by atoms with E-state index in [9.17, 15) is 14.7 Å². The van der Waals surface area contributed by atoms with E-state index in [0.29, 0.717) is 35.4 Å². The number of esters is 1. The van der Waals surface area contributed by atoms with Gasteiger partial charge in [0.25, 0.3) is 0 Å². The number of carbonyl (C=O) groups excluding carboxylic acids is 2. The number of ketones is 1. The molecule has 172 valence electrons. The number of rotatable bonds is 4. The summed E-state index contributed by atoms with van der Waals surface area (Å²) in [5.74, 6) is -1.03. The molecule has 2 atom stereocenters. The molecule has 2 unspecified atom stereocenters. The molecule has 1 aromatic rings. The Morgan fingerprint density at radius 1 is 1.12 bits per heavy atom. The molecular weight excluding hydrogens is 406 g/mol. The standard InChI is InChI=1S/C26H33NO5/c1-15-22(25(30)32-17-8-6-5-7-9-17)23(16-10-11-21(31-4)19(28)12-16)24-18(27-15)13-26(2,3)14-20(24)29/h10-12,17,23-24,28H,5-9,13-14H2,1-4H3. The summed E-state index contributed by atoms with van der Waals surface area (Å²) in [5.41, 5.74) is 2.38. The van der Waals surface area contributed by atoms with Crippen LogP contribution in [0.4, 0.5) is 0 Å². The summed E-state index contributed by atoms with van der Waals surface area (Å²) in [6.07, 6.45) is 6.07. The maximum atomic E-state index is 13.4. The van der Waals surface area contributed by atoms with Crippen LogP contribution in [0, 0.1) is 11.3 Å². The molecule has 4 rings (SSSR count). The van der Waals surface area contributed by atoms with E-state index in [0.717, 1.165) is 31.4 Å². The maximum Gasteiger partial charge on any atom is 0.336 e. The predicted octanol–water partition coefficient (Wildman–Crippen LogP) is 5.09. The number of fused-ring (bicyclic) bond motifs is 1. The highest BCUT2D eigenvalue weighted by atomic mass is 16.5. The average molecular weight is 440 g/mol. The third kappa shape index (κ3) is 4.32. The van der Waals surface area contributed by atoms with Gasteiger partial charge in [-0.2, -0.15) is 0 Å². The number of nitrogens with zero attached hydrogens (tertiary/aromatic N) is 1. The SMILES string of the molecule is COc1ccc(C2C(C(=O)OC3CCCCC3)=C(C)N=C3CC(C)(C)CC(=O)C32)cc1O. The number of hydrogen-bond acceptors (Lipinski definition) is 6.